The van der Waals surface area contributed by atoms with Crippen molar-refractivity contribution >= 4 is 32.6 Å². The maximum absolute atomic E-state index is 13.1. The maximum Gasteiger partial charge on any atom is 0.257 e. The average Bonchev–Trinajstić information content (AvgIpc) is 2.86. The van der Waals surface area contributed by atoms with E-state index in [1.807, 2.05) is 12.1 Å². The number of thiazole rings is 1. The van der Waals surface area contributed by atoms with Gasteiger partial charge in [-0.1, -0.05) is 23.5 Å². The number of benzene rings is 2. The largest absolute Gasteiger partial charge is 0.298 e. The molecule has 2 aromatic carbocycles. The highest BCUT2D eigenvalue weighted by Crippen LogP contribution is 2.26. The summed E-state index contributed by atoms with van der Waals surface area (Å²) in [7, 11) is 0. The van der Waals surface area contributed by atoms with Gasteiger partial charge in [0.25, 0.3) is 5.91 Å². The molecule has 0 atom stereocenters. The van der Waals surface area contributed by atoms with Gasteiger partial charge < -0.3 is 0 Å². The number of halogens is 3. The van der Waals surface area contributed by atoms with Crippen LogP contribution in [0.25, 0.3) is 10.2 Å². The summed E-state index contributed by atoms with van der Waals surface area (Å²) < 4.78 is 39.9. The van der Waals surface area contributed by atoms with Gasteiger partial charge in [0.1, 0.15) is 0 Å². The highest BCUT2D eigenvalue weighted by atomic mass is 32.1. The zero-order valence-electron chi connectivity index (χ0n) is 10.4. The second-order valence-electron chi connectivity index (χ2n) is 4.19. The molecule has 0 radical (unpaired) electrons. The van der Waals surface area contributed by atoms with Crippen LogP contribution in [0.4, 0.5) is 18.3 Å². The van der Waals surface area contributed by atoms with Crippen LogP contribution in [0.2, 0.25) is 0 Å². The zero-order valence-corrected chi connectivity index (χ0v) is 11.2. The van der Waals surface area contributed by atoms with Crippen LogP contribution >= 0.6 is 11.3 Å². The third-order valence-corrected chi connectivity index (χ3v) is 3.71. The molecule has 21 heavy (non-hydrogen) atoms. The summed E-state index contributed by atoms with van der Waals surface area (Å²) in [5, 5.41) is 2.73. The molecular weight excluding hydrogens is 301 g/mol. The Labute approximate surface area is 121 Å². The van der Waals surface area contributed by atoms with Crippen LogP contribution in [-0.2, 0) is 0 Å². The lowest BCUT2D eigenvalue weighted by molar-refractivity contribution is 0.102. The van der Waals surface area contributed by atoms with Gasteiger partial charge in [-0.3, -0.25) is 10.1 Å². The molecule has 0 saturated carbocycles. The number of para-hydroxylation sites is 1. The minimum Gasteiger partial charge on any atom is -0.298 e. The Morgan fingerprint density at radius 2 is 1.76 bits per heavy atom. The maximum atomic E-state index is 13.1. The molecule has 1 N–H and O–H groups in total. The van der Waals surface area contributed by atoms with E-state index in [1.54, 1.807) is 12.1 Å². The van der Waals surface area contributed by atoms with E-state index in [1.165, 1.54) is 11.3 Å². The molecule has 0 fully saturated rings. The Kier molecular flexibility index (Phi) is 3.34. The van der Waals surface area contributed by atoms with E-state index in [-0.39, 0.29) is 5.56 Å². The van der Waals surface area contributed by atoms with Gasteiger partial charge in [0, 0.05) is 5.56 Å². The van der Waals surface area contributed by atoms with Gasteiger partial charge in [-0.05, 0) is 24.3 Å². The van der Waals surface area contributed by atoms with Crippen LogP contribution < -0.4 is 5.32 Å². The molecule has 3 rings (SSSR count). The predicted octanol–water partition coefficient (Wildman–Crippen LogP) is 3.97. The van der Waals surface area contributed by atoms with Crippen molar-refractivity contribution in [1.29, 1.82) is 0 Å². The Morgan fingerprint density at radius 1 is 1.10 bits per heavy atom. The first kappa shape index (κ1) is 13.6. The zero-order chi connectivity index (χ0) is 15.0. The molecule has 0 saturated heterocycles. The quantitative estimate of drug-likeness (QED) is 0.728. The van der Waals surface area contributed by atoms with E-state index in [9.17, 15) is 18.0 Å². The standard InChI is InChI=1S/C14H7F3N2OS/c15-8-5-7(6-9(16)12(8)17)13(20)19-14-18-10-3-1-2-4-11(10)21-14/h1-6H,(H,18,19,20). The number of hydrogen-bond donors (Lipinski definition) is 1. The van der Waals surface area contributed by atoms with Crippen LogP contribution in [-0.4, -0.2) is 10.9 Å². The van der Waals surface area contributed by atoms with E-state index in [0.29, 0.717) is 22.8 Å². The number of hydrogen-bond acceptors (Lipinski definition) is 3. The fourth-order valence-corrected chi connectivity index (χ4v) is 2.64. The van der Waals surface area contributed by atoms with Gasteiger partial charge in [0.05, 0.1) is 10.2 Å². The molecular formula is C14H7F3N2OS. The number of amides is 1. The highest BCUT2D eigenvalue weighted by Gasteiger charge is 2.16. The Bertz CT molecular complexity index is 791. The number of nitrogens with zero attached hydrogens (tertiary/aromatic N) is 1. The van der Waals surface area contributed by atoms with Gasteiger partial charge in [-0.2, -0.15) is 0 Å². The van der Waals surface area contributed by atoms with Crippen molar-refractivity contribution in [2.45, 2.75) is 0 Å². The first-order valence-electron chi connectivity index (χ1n) is 5.86. The summed E-state index contributed by atoms with van der Waals surface area (Å²) in [4.78, 5) is 16.1. The van der Waals surface area contributed by atoms with E-state index in [4.69, 9.17) is 0 Å². The monoisotopic (exact) mass is 308 g/mol. The number of anilines is 1. The molecule has 0 unspecified atom stereocenters. The van der Waals surface area contributed by atoms with Crippen molar-refractivity contribution in [1.82, 2.24) is 4.98 Å². The Morgan fingerprint density at radius 3 is 2.43 bits per heavy atom. The topological polar surface area (TPSA) is 42.0 Å². The van der Waals surface area contributed by atoms with Crippen molar-refractivity contribution in [2.24, 2.45) is 0 Å². The first-order valence-corrected chi connectivity index (χ1v) is 6.68. The summed E-state index contributed by atoms with van der Waals surface area (Å²) in [6.07, 6.45) is 0. The minimum absolute atomic E-state index is 0.298. The van der Waals surface area contributed by atoms with Crippen molar-refractivity contribution in [3.05, 3.63) is 59.4 Å². The number of nitrogens with one attached hydrogen (secondary N) is 1. The summed E-state index contributed by atoms with van der Waals surface area (Å²) in [5.74, 6) is -5.19. The molecule has 106 valence electrons. The van der Waals surface area contributed by atoms with E-state index in [2.05, 4.69) is 10.3 Å². The minimum atomic E-state index is -1.61. The van der Waals surface area contributed by atoms with Crippen molar-refractivity contribution in [3.8, 4) is 0 Å². The number of carbonyl (C=O) groups is 1. The molecule has 0 aliphatic rings. The van der Waals surface area contributed by atoms with Crippen LogP contribution in [0.5, 0.6) is 0 Å². The lowest BCUT2D eigenvalue weighted by Crippen LogP contribution is -2.13. The smallest absolute Gasteiger partial charge is 0.257 e. The van der Waals surface area contributed by atoms with Gasteiger partial charge in [-0.25, -0.2) is 18.2 Å². The molecule has 1 heterocycles. The second-order valence-corrected chi connectivity index (χ2v) is 5.23. The van der Waals surface area contributed by atoms with Crippen LogP contribution in [0.15, 0.2) is 36.4 Å². The van der Waals surface area contributed by atoms with Crippen LogP contribution in [0.3, 0.4) is 0 Å². The summed E-state index contributed by atoms with van der Waals surface area (Å²) in [6, 6.07) is 8.52. The third-order valence-electron chi connectivity index (χ3n) is 2.76. The molecule has 3 aromatic rings. The molecule has 0 spiro atoms. The normalized spacial score (nSPS) is 10.8. The van der Waals surface area contributed by atoms with Gasteiger partial charge >= 0.3 is 0 Å². The summed E-state index contributed by atoms with van der Waals surface area (Å²) >= 11 is 1.23. The molecule has 7 heteroatoms. The Hall–Kier alpha value is -2.41. The lowest BCUT2D eigenvalue weighted by atomic mass is 10.2. The van der Waals surface area contributed by atoms with Crippen molar-refractivity contribution < 1.29 is 18.0 Å². The predicted molar refractivity (Wildman–Crippen MR) is 73.9 cm³/mol. The first-order chi connectivity index (χ1) is 10.0. The van der Waals surface area contributed by atoms with E-state index < -0.39 is 23.4 Å². The average molecular weight is 308 g/mol. The molecule has 0 aliphatic heterocycles. The second kappa shape index (κ2) is 5.17. The summed E-state index contributed by atoms with van der Waals surface area (Å²) in [6.45, 7) is 0. The molecule has 1 amide bonds. The van der Waals surface area contributed by atoms with Gasteiger partial charge in [-0.15, -0.1) is 0 Å². The van der Waals surface area contributed by atoms with Crippen LogP contribution in [0, 0.1) is 17.5 Å². The summed E-state index contributed by atoms with van der Waals surface area (Å²) in [5.41, 5.74) is 0.389. The highest BCUT2D eigenvalue weighted by molar-refractivity contribution is 7.22. The van der Waals surface area contributed by atoms with Crippen LogP contribution in [0.1, 0.15) is 10.4 Å². The fourth-order valence-electron chi connectivity index (χ4n) is 1.78. The van der Waals surface area contributed by atoms with Crippen molar-refractivity contribution in [2.75, 3.05) is 5.32 Å². The number of fused-ring (bicyclic) bond motifs is 1. The fraction of sp³-hybridized carbons (Fsp3) is 0. The lowest BCUT2D eigenvalue weighted by Gasteiger charge is -2.03. The number of carbonyl (C=O) groups excluding carboxylic acids is 1. The van der Waals surface area contributed by atoms with E-state index >= 15 is 0 Å². The third kappa shape index (κ3) is 2.59. The molecule has 0 bridgehead atoms. The van der Waals surface area contributed by atoms with E-state index in [0.717, 1.165) is 4.70 Å². The SMILES string of the molecule is O=C(Nc1nc2ccccc2s1)c1cc(F)c(F)c(F)c1. The number of rotatable bonds is 2. The van der Waals surface area contributed by atoms with Gasteiger partial charge in [0.15, 0.2) is 22.6 Å². The molecule has 0 aliphatic carbocycles. The molecule has 3 nitrogen and oxygen atoms in total. The Balaban J connectivity index is 1.89. The number of aromatic nitrogens is 1. The van der Waals surface area contributed by atoms with Crippen molar-refractivity contribution in [3.63, 3.8) is 0 Å². The van der Waals surface area contributed by atoms with Gasteiger partial charge in [0.2, 0.25) is 0 Å². The molecule has 1 aromatic heterocycles.